The van der Waals surface area contributed by atoms with Crippen molar-refractivity contribution in [3.05, 3.63) is 40.8 Å². The highest BCUT2D eigenvalue weighted by Gasteiger charge is 2.18. The van der Waals surface area contributed by atoms with E-state index in [2.05, 4.69) is 30.8 Å². The largest absolute Gasteiger partial charge is 0.461 e. The first-order valence-electron chi connectivity index (χ1n) is 11.0. The van der Waals surface area contributed by atoms with Crippen molar-refractivity contribution < 1.29 is 13.9 Å². The Kier molecular flexibility index (Phi) is 9.03. The van der Waals surface area contributed by atoms with Crippen LogP contribution in [0.25, 0.3) is 0 Å². The number of urea groups is 1. The Morgan fingerprint density at radius 3 is 2.82 bits per heavy atom. The number of H-pyrrole nitrogens is 1. The average Bonchev–Trinajstić information content (AvgIpc) is 3.04. The molecule has 0 radical (unpaired) electrons. The van der Waals surface area contributed by atoms with E-state index in [0.717, 1.165) is 32.5 Å². The fourth-order valence-corrected chi connectivity index (χ4v) is 3.66. The Bertz CT molecular complexity index is 1030. The number of aromatic nitrogens is 2. The van der Waals surface area contributed by atoms with Crippen molar-refractivity contribution >= 4 is 29.3 Å². The first-order valence-corrected chi connectivity index (χ1v) is 11.0. The quantitative estimate of drug-likeness (QED) is 0.178. The molecule has 2 aromatic rings. The van der Waals surface area contributed by atoms with Gasteiger partial charge in [-0.3, -0.25) is 15.5 Å². The van der Waals surface area contributed by atoms with Crippen molar-refractivity contribution in [2.75, 3.05) is 61.7 Å². The number of anilines is 3. The van der Waals surface area contributed by atoms with Crippen LogP contribution in [0.5, 0.6) is 5.75 Å². The monoisotopic (exact) mass is 475 g/mol. The number of rotatable bonds is 9. The van der Waals surface area contributed by atoms with Gasteiger partial charge in [0.05, 0.1) is 5.69 Å². The number of nitrogens with one attached hydrogen (secondary N) is 5. The van der Waals surface area contributed by atoms with E-state index in [1.165, 1.54) is 12.3 Å². The Labute approximate surface area is 196 Å². The maximum atomic E-state index is 12.6. The number of aromatic amines is 1. The Morgan fingerprint density at radius 2 is 2.06 bits per heavy atom. The predicted octanol–water partition coefficient (Wildman–Crippen LogP) is 1.10. The van der Waals surface area contributed by atoms with Crippen LogP contribution >= 0.6 is 0 Å². The molecule has 0 saturated carbocycles. The number of benzene rings is 1. The summed E-state index contributed by atoms with van der Waals surface area (Å²) < 4.78 is 17.3. The van der Waals surface area contributed by atoms with Gasteiger partial charge in [0.1, 0.15) is 11.4 Å². The number of carbonyl (C=O) groups excluding carboxylic acids is 1. The first-order chi connectivity index (χ1) is 16.5. The molecule has 2 heterocycles. The molecule has 0 aliphatic carbocycles. The normalized spacial score (nSPS) is 14.2. The maximum Gasteiger partial charge on any atom is 0.326 e. The summed E-state index contributed by atoms with van der Waals surface area (Å²) in [5.41, 5.74) is 5.56. The number of halogens is 1. The number of hydrogen-bond donors (Lipinski definition) is 6. The molecule has 13 heteroatoms. The van der Waals surface area contributed by atoms with Crippen LogP contribution in [0.2, 0.25) is 0 Å². The van der Waals surface area contributed by atoms with Crippen LogP contribution in [0.1, 0.15) is 12.8 Å². The van der Waals surface area contributed by atoms with E-state index in [4.69, 9.17) is 15.9 Å². The second-order valence-electron chi connectivity index (χ2n) is 7.64. The summed E-state index contributed by atoms with van der Waals surface area (Å²) in [6, 6.07) is 5.75. The van der Waals surface area contributed by atoms with Crippen molar-refractivity contribution in [2.45, 2.75) is 12.8 Å². The third kappa shape index (κ3) is 7.33. The van der Waals surface area contributed by atoms with E-state index < -0.39 is 18.5 Å². The van der Waals surface area contributed by atoms with E-state index in [-0.39, 0.29) is 23.3 Å². The second kappa shape index (κ2) is 12.4. The molecule has 0 bridgehead atoms. The molecule has 1 aromatic heterocycles. The molecule has 1 aliphatic heterocycles. The van der Waals surface area contributed by atoms with Crippen LogP contribution in [-0.4, -0.2) is 73.0 Å². The third-order valence-corrected chi connectivity index (χ3v) is 5.25. The van der Waals surface area contributed by atoms with Gasteiger partial charge in [-0.2, -0.15) is 4.98 Å². The molecular weight excluding hydrogens is 445 g/mol. The minimum atomic E-state index is -1.03. The second-order valence-corrected chi connectivity index (χ2v) is 7.64. The third-order valence-electron chi connectivity index (χ3n) is 5.25. The molecule has 12 nitrogen and oxygen atoms in total. The topological polar surface area (TPSA) is 164 Å². The van der Waals surface area contributed by atoms with Crippen molar-refractivity contribution in [1.82, 2.24) is 20.2 Å². The average molecular weight is 476 g/mol. The van der Waals surface area contributed by atoms with Crippen molar-refractivity contribution in [3.63, 3.8) is 0 Å². The van der Waals surface area contributed by atoms with Crippen molar-refractivity contribution in [3.8, 4) is 5.75 Å². The molecule has 184 valence electrons. The highest BCUT2D eigenvalue weighted by atomic mass is 19.1. The van der Waals surface area contributed by atoms with Gasteiger partial charge >= 0.3 is 6.03 Å². The summed E-state index contributed by atoms with van der Waals surface area (Å²) in [7, 11) is 0. The van der Waals surface area contributed by atoms with Crippen LogP contribution in [0.15, 0.2) is 35.3 Å². The van der Waals surface area contributed by atoms with E-state index in [9.17, 15) is 14.0 Å². The summed E-state index contributed by atoms with van der Waals surface area (Å²) in [5, 5.41) is 15.0. The highest BCUT2D eigenvalue weighted by molar-refractivity contribution is 5.99. The van der Waals surface area contributed by atoms with E-state index in [1.54, 1.807) is 18.2 Å². The van der Waals surface area contributed by atoms with Gasteiger partial charge in [-0.1, -0.05) is 12.1 Å². The molecule has 1 saturated heterocycles. The highest BCUT2D eigenvalue weighted by Crippen LogP contribution is 2.23. The SMILES string of the molecule is N=C(N)NCCCN1CCCN(c2c[nH]c(NC(=O)Nc3ccccc3OCF)nc2=O)CC1. The van der Waals surface area contributed by atoms with E-state index in [0.29, 0.717) is 25.3 Å². The number of hydrogen-bond acceptors (Lipinski definition) is 7. The number of para-hydroxylation sites is 2. The van der Waals surface area contributed by atoms with Gasteiger partial charge in [-0.15, -0.1) is 0 Å². The van der Waals surface area contributed by atoms with Gasteiger partial charge in [0, 0.05) is 32.4 Å². The van der Waals surface area contributed by atoms with Crippen molar-refractivity contribution in [1.29, 1.82) is 5.41 Å². The van der Waals surface area contributed by atoms with E-state index >= 15 is 0 Å². The number of guanidine groups is 1. The lowest BCUT2D eigenvalue weighted by Gasteiger charge is -2.22. The van der Waals surface area contributed by atoms with Crippen LogP contribution in [0.4, 0.5) is 26.5 Å². The number of alkyl halides is 1. The fraction of sp³-hybridized carbons (Fsp3) is 0.429. The molecule has 1 aromatic carbocycles. The molecule has 0 atom stereocenters. The molecule has 34 heavy (non-hydrogen) atoms. The van der Waals surface area contributed by atoms with Gasteiger partial charge in [0.15, 0.2) is 5.96 Å². The van der Waals surface area contributed by atoms with Gasteiger partial charge in [0.2, 0.25) is 12.8 Å². The fourth-order valence-electron chi connectivity index (χ4n) is 3.66. The zero-order valence-corrected chi connectivity index (χ0v) is 18.8. The summed E-state index contributed by atoms with van der Waals surface area (Å²) in [6.07, 6.45) is 3.30. The molecular formula is C21H30FN9O3. The summed E-state index contributed by atoms with van der Waals surface area (Å²) in [5.74, 6) is 0.145. The molecule has 0 unspecified atom stereocenters. The van der Waals surface area contributed by atoms with Crippen molar-refractivity contribution in [2.24, 2.45) is 5.73 Å². The molecule has 0 spiro atoms. The Morgan fingerprint density at radius 1 is 1.24 bits per heavy atom. The van der Waals surface area contributed by atoms with Gasteiger partial charge in [-0.25, -0.2) is 9.18 Å². The number of nitrogens with zero attached hydrogens (tertiary/aromatic N) is 3. The number of carbonyl (C=O) groups is 1. The Balaban J connectivity index is 1.54. The number of amides is 2. The van der Waals surface area contributed by atoms with E-state index in [1.807, 2.05) is 4.90 Å². The standard InChI is InChI=1S/C21H30FN9O3/c22-14-34-17-6-2-1-5-15(17)27-21(33)29-20-26-13-16(18(32)28-20)31-10-4-9-30(11-12-31)8-3-7-25-19(23)24/h1-2,5-6,13H,3-4,7-12,14H2,(H4,23,24,25)(H3,26,27,28,29,32,33). The van der Waals surface area contributed by atoms with Crippen LogP contribution in [0.3, 0.4) is 0 Å². The maximum absolute atomic E-state index is 12.6. The first kappa shape index (κ1) is 24.8. The van der Waals surface area contributed by atoms with Gasteiger partial charge in [-0.05, 0) is 38.1 Å². The molecule has 3 rings (SSSR count). The summed E-state index contributed by atoms with van der Waals surface area (Å²) >= 11 is 0. The number of ether oxygens (including phenoxy) is 1. The lowest BCUT2D eigenvalue weighted by molar-refractivity contribution is 0.192. The molecule has 1 aliphatic rings. The minimum absolute atomic E-state index is 0.00967. The molecule has 2 amide bonds. The van der Waals surface area contributed by atoms with Crippen LogP contribution < -0.4 is 36.9 Å². The summed E-state index contributed by atoms with van der Waals surface area (Å²) in [4.78, 5) is 36.0. The predicted molar refractivity (Wildman–Crippen MR) is 128 cm³/mol. The lowest BCUT2D eigenvalue weighted by atomic mass is 10.3. The molecule has 1 fully saturated rings. The van der Waals surface area contributed by atoms with Gasteiger partial charge < -0.3 is 35.9 Å². The zero-order valence-electron chi connectivity index (χ0n) is 18.8. The Hall–Kier alpha value is -3.87. The lowest BCUT2D eigenvalue weighted by Crippen LogP contribution is -2.36. The van der Waals surface area contributed by atoms with Gasteiger partial charge in [0.25, 0.3) is 5.56 Å². The minimum Gasteiger partial charge on any atom is -0.461 e. The van der Waals surface area contributed by atoms with Crippen LogP contribution in [0, 0.1) is 5.41 Å². The van der Waals surface area contributed by atoms with Crippen LogP contribution in [-0.2, 0) is 0 Å². The smallest absolute Gasteiger partial charge is 0.326 e. The number of nitrogens with two attached hydrogens (primary N) is 1. The molecule has 7 N–H and O–H groups in total. The summed E-state index contributed by atoms with van der Waals surface area (Å²) in [6.45, 7) is 3.59. The zero-order chi connectivity index (χ0) is 24.3.